The van der Waals surface area contributed by atoms with Gasteiger partial charge in [0.25, 0.3) is 0 Å². The Kier molecular flexibility index (Phi) is 3.81. The lowest BCUT2D eigenvalue weighted by Gasteiger charge is -2.06. The SMILES string of the molecule is Cc1cc(SCc2cccnc2CN)n(C)n1. The molecule has 0 aliphatic carbocycles. The predicted molar refractivity (Wildman–Crippen MR) is 69.6 cm³/mol. The van der Waals surface area contributed by atoms with Gasteiger partial charge in [-0.05, 0) is 24.6 Å². The third-order valence-electron chi connectivity index (χ3n) is 2.51. The van der Waals surface area contributed by atoms with E-state index < -0.39 is 0 Å². The van der Waals surface area contributed by atoms with Crippen molar-refractivity contribution in [2.24, 2.45) is 12.8 Å². The summed E-state index contributed by atoms with van der Waals surface area (Å²) in [6.45, 7) is 2.49. The molecule has 4 nitrogen and oxygen atoms in total. The van der Waals surface area contributed by atoms with Crippen molar-refractivity contribution in [2.75, 3.05) is 0 Å². The Hall–Kier alpha value is -1.33. The zero-order chi connectivity index (χ0) is 12.3. The normalized spacial score (nSPS) is 10.8. The number of thioether (sulfide) groups is 1. The summed E-state index contributed by atoms with van der Waals surface area (Å²) in [5.74, 6) is 0.874. The minimum absolute atomic E-state index is 0.487. The average Bonchev–Trinajstić information content (AvgIpc) is 2.65. The molecule has 0 aliphatic rings. The van der Waals surface area contributed by atoms with Crippen LogP contribution in [0.15, 0.2) is 29.4 Å². The first-order chi connectivity index (χ1) is 8.20. The fourth-order valence-corrected chi connectivity index (χ4v) is 2.71. The zero-order valence-electron chi connectivity index (χ0n) is 10.1. The lowest BCUT2D eigenvalue weighted by Crippen LogP contribution is -2.03. The van der Waals surface area contributed by atoms with E-state index in [1.165, 1.54) is 5.56 Å². The van der Waals surface area contributed by atoms with Crippen LogP contribution < -0.4 is 5.73 Å². The van der Waals surface area contributed by atoms with Crippen LogP contribution in [0.4, 0.5) is 0 Å². The summed E-state index contributed by atoms with van der Waals surface area (Å²) in [7, 11) is 1.96. The molecule has 0 aliphatic heterocycles. The second-order valence-electron chi connectivity index (χ2n) is 3.85. The maximum atomic E-state index is 5.66. The summed E-state index contributed by atoms with van der Waals surface area (Å²) in [6, 6.07) is 6.11. The quantitative estimate of drug-likeness (QED) is 0.839. The molecule has 17 heavy (non-hydrogen) atoms. The van der Waals surface area contributed by atoms with Crippen molar-refractivity contribution in [1.29, 1.82) is 0 Å². The highest BCUT2D eigenvalue weighted by molar-refractivity contribution is 7.98. The smallest absolute Gasteiger partial charge is 0.0942 e. The van der Waals surface area contributed by atoms with Crippen molar-refractivity contribution in [3.63, 3.8) is 0 Å². The van der Waals surface area contributed by atoms with Gasteiger partial charge in [-0.2, -0.15) is 5.10 Å². The van der Waals surface area contributed by atoms with E-state index in [4.69, 9.17) is 5.73 Å². The van der Waals surface area contributed by atoms with Crippen molar-refractivity contribution in [3.8, 4) is 0 Å². The van der Waals surface area contributed by atoms with Gasteiger partial charge in [-0.1, -0.05) is 6.07 Å². The lowest BCUT2D eigenvalue weighted by atomic mass is 10.2. The molecule has 0 atom stereocenters. The Balaban J connectivity index is 2.09. The molecule has 0 radical (unpaired) electrons. The minimum Gasteiger partial charge on any atom is -0.325 e. The molecule has 2 rings (SSSR count). The summed E-state index contributed by atoms with van der Waals surface area (Å²) in [6.07, 6.45) is 1.78. The summed E-state index contributed by atoms with van der Waals surface area (Å²) < 4.78 is 1.90. The fraction of sp³-hybridized carbons (Fsp3) is 0.333. The van der Waals surface area contributed by atoms with Crippen molar-refractivity contribution in [2.45, 2.75) is 24.2 Å². The third-order valence-corrected chi connectivity index (χ3v) is 3.65. The number of pyridine rings is 1. The van der Waals surface area contributed by atoms with Crippen LogP contribution in [0, 0.1) is 6.92 Å². The van der Waals surface area contributed by atoms with Gasteiger partial charge in [0.15, 0.2) is 0 Å². The van der Waals surface area contributed by atoms with Crippen LogP contribution in [-0.4, -0.2) is 14.8 Å². The van der Waals surface area contributed by atoms with Crippen molar-refractivity contribution in [1.82, 2.24) is 14.8 Å². The zero-order valence-corrected chi connectivity index (χ0v) is 10.9. The van der Waals surface area contributed by atoms with Gasteiger partial charge in [-0.3, -0.25) is 9.67 Å². The van der Waals surface area contributed by atoms with E-state index in [1.54, 1.807) is 18.0 Å². The predicted octanol–water partition coefficient (Wildman–Crippen LogP) is 1.87. The Labute approximate surface area is 105 Å². The fourth-order valence-electron chi connectivity index (χ4n) is 1.66. The Morgan fingerprint density at radius 2 is 2.29 bits per heavy atom. The summed E-state index contributed by atoms with van der Waals surface area (Å²) in [5.41, 5.74) is 8.87. The average molecular weight is 248 g/mol. The first-order valence-electron chi connectivity index (χ1n) is 5.47. The molecule has 0 saturated heterocycles. The van der Waals surface area contributed by atoms with Gasteiger partial charge >= 0.3 is 0 Å². The monoisotopic (exact) mass is 248 g/mol. The second-order valence-corrected chi connectivity index (χ2v) is 4.85. The first-order valence-corrected chi connectivity index (χ1v) is 6.45. The number of hydrogen-bond donors (Lipinski definition) is 1. The molecule has 0 saturated carbocycles. The molecule has 0 aromatic carbocycles. The van der Waals surface area contributed by atoms with Crippen molar-refractivity contribution < 1.29 is 0 Å². The van der Waals surface area contributed by atoms with Crippen LogP contribution in [0.5, 0.6) is 0 Å². The van der Waals surface area contributed by atoms with Crippen LogP contribution >= 0.6 is 11.8 Å². The van der Waals surface area contributed by atoms with Crippen molar-refractivity contribution in [3.05, 3.63) is 41.3 Å². The van der Waals surface area contributed by atoms with E-state index in [9.17, 15) is 0 Å². The summed E-state index contributed by atoms with van der Waals surface area (Å²) in [5, 5.41) is 5.48. The molecule has 0 fully saturated rings. The molecule has 2 heterocycles. The van der Waals surface area contributed by atoms with Gasteiger partial charge in [-0.25, -0.2) is 0 Å². The standard InChI is InChI=1S/C12H16N4S/c1-9-6-12(16(2)15-9)17-8-10-4-3-5-14-11(10)7-13/h3-6H,7-8,13H2,1-2H3. The van der Waals surface area contributed by atoms with E-state index in [2.05, 4.69) is 22.2 Å². The Bertz CT molecular complexity index is 507. The third kappa shape index (κ3) is 2.87. The molecule has 0 amide bonds. The van der Waals surface area contributed by atoms with E-state index in [1.807, 2.05) is 24.7 Å². The first kappa shape index (κ1) is 12.1. The number of aryl methyl sites for hydroxylation is 2. The number of aromatic nitrogens is 3. The highest BCUT2D eigenvalue weighted by Crippen LogP contribution is 2.23. The molecule has 2 aromatic heterocycles. The van der Waals surface area contributed by atoms with Gasteiger partial charge in [-0.15, -0.1) is 11.8 Å². The minimum atomic E-state index is 0.487. The molecule has 0 unspecified atom stereocenters. The van der Waals surface area contributed by atoms with Crippen LogP contribution in [0.3, 0.4) is 0 Å². The molecular weight excluding hydrogens is 232 g/mol. The number of hydrogen-bond acceptors (Lipinski definition) is 4. The Morgan fingerprint density at radius 3 is 2.94 bits per heavy atom. The van der Waals surface area contributed by atoms with Crippen LogP contribution in [0.1, 0.15) is 17.0 Å². The summed E-state index contributed by atoms with van der Waals surface area (Å²) in [4.78, 5) is 4.28. The molecule has 0 spiro atoms. The largest absolute Gasteiger partial charge is 0.325 e. The number of nitrogens with two attached hydrogens (primary N) is 1. The Morgan fingerprint density at radius 1 is 1.47 bits per heavy atom. The van der Waals surface area contributed by atoms with E-state index in [-0.39, 0.29) is 0 Å². The summed E-state index contributed by atoms with van der Waals surface area (Å²) >= 11 is 1.76. The maximum Gasteiger partial charge on any atom is 0.0942 e. The van der Waals surface area contributed by atoms with E-state index in [0.29, 0.717) is 6.54 Å². The van der Waals surface area contributed by atoms with Crippen molar-refractivity contribution >= 4 is 11.8 Å². The molecule has 5 heteroatoms. The highest BCUT2D eigenvalue weighted by Gasteiger charge is 2.06. The second kappa shape index (κ2) is 5.33. The van der Waals surface area contributed by atoms with Crippen LogP contribution in [0.25, 0.3) is 0 Å². The van der Waals surface area contributed by atoms with E-state index >= 15 is 0 Å². The molecule has 2 N–H and O–H groups in total. The molecule has 0 bridgehead atoms. The molecule has 90 valence electrons. The lowest BCUT2D eigenvalue weighted by molar-refractivity contribution is 0.692. The van der Waals surface area contributed by atoms with Gasteiger partial charge in [0.05, 0.1) is 16.4 Å². The highest BCUT2D eigenvalue weighted by atomic mass is 32.2. The molecule has 2 aromatic rings. The van der Waals surface area contributed by atoms with Gasteiger partial charge in [0, 0.05) is 25.5 Å². The molecular formula is C12H16N4S. The van der Waals surface area contributed by atoms with Gasteiger partial charge in [0.2, 0.25) is 0 Å². The van der Waals surface area contributed by atoms with Gasteiger partial charge in [0.1, 0.15) is 0 Å². The number of nitrogens with zero attached hydrogens (tertiary/aromatic N) is 3. The van der Waals surface area contributed by atoms with Crippen LogP contribution in [0.2, 0.25) is 0 Å². The van der Waals surface area contributed by atoms with Crippen LogP contribution in [-0.2, 0) is 19.3 Å². The van der Waals surface area contributed by atoms with Gasteiger partial charge < -0.3 is 5.73 Å². The topological polar surface area (TPSA) is 56.7 Å². The van der Waals surface area contributed by atoms with E-state index in [0.717, 1.165) is 22.2 Å². The maximum absolute atomic E-state index is 5.66. The number of rotatable bonds is 4.